The molecule has 0 aliphatic carbocycles. The Balaban J connectivity index is 1.71. The Hall–Kier alpha value is -4.26. The van der Waals surface area contributed by atoms with Crippen LogP contribution in [0.2, 0.25) is 0 Å². The van der Waals surface area contributed by atoms with Crippen molar-refractivity contribution in [2.75, 3.05) is 0 Å². The van der Waals surface area contributed by atoms with Crippen molar-refractivity contribution in [1.29, 1.82) is 0 Å². The van der Waals surface area contributed by atoms with Gasteiger partial charge in [-0.1, -0.05) is 115 Å². The Kier molecular flexibility index (Phi) is 13.1. The molecule has 0 saturated carbocycles. The van der Waals surface area contributed by atoms with E-state index in [1.807, 2.05) is 77.1 Å². The summed E-state index contributed by atoms with van der Waals surface area (Å²) in [5.74, 6) is -0.497. The SMILES string of the molecule is CC(C)OC(=O)C[C@@H](c1ccc([C@H](CC(=O)OC(C)(C)C)N[C@H](C)c2ccccc2)cc1)N(Cc1ccccc1)[C@H](C)c1ccccc1. The van der Waals surface area contributed by atoms with Crippen LogP contribution in [0.1, 0.15) is 113 Å². The highest BCUT2D eigenvalue weighted by atomic mass is 16.6. The molecule has 6 heteroatoms. The first kappa shape index (κ1) is 36.6. The third-order valence-electron chi connectivity index (χ3n) is 8.38. The van der Waals surface area contributed by atoms with Crippen molar-refractivity contribution in [3.8, 4) is 0 Å². The van der Waals surface area contributed by atoms with Crippen LogP contribution in [0.3, 0.4) is 0 Å². The van der Waals surface area contributed by atoms with Crippen LogP contribution in [-0.2, 0) is 25.6 Å². The normalized spacial score (nSPS) is 14.3. The molecule has 48 heavy (non-hydrogen) atoms. The Morgan fingerprint density at radius 3 is 1.71 bits per heavy atom. The van der Waals surface area contributed by atoms with Crippen molar-refractivity contribution < 1.29 is 19.1 Å². The van der Waals surface area contributed by atoms with Crippen molar-refractivity contribution >= 4 is 11.9 Å². The van der Waals surface area contributed by atoms with Crippen LogP contribution in [0.25, 0.3) is 0 Å². The molecule has 0 saturated heterocycles. The van der Waals surface area contributed by atoms with Crippen LogP contribution in [0.5, 0.6) is 0 Å². The van der Waals surface area contributed by atoms with Gasteiger partial charge in [0.05, 0.1) is 18.9 Å². The molecule has 0 aliphatic rings. The Morgan fingerprint density at radius 2 is 1.17 bits per heavy atom. The summed E-state index contributed by atoms with van der Waals surface area (Å²) < 4.78 is 11.4. The number of hydrogen-bond donors (Lipinski definition) is 1. The van der Waals surface area contributed by atoms with E-state index in [2.05, 4.69) is 96.9 Å². The van der Waals surface area contributed by atoms with Crippen molar-refractivity contribution in [3.63, 3.8) is 0 Å². The summed E-state index contributed by atoms with van der Waals surface area (Å²) in [5.41, 5.74) is 4.87. The summed E-state index contributed by atoms with van der Waals surface area (Å²) in [6, 6.07) is 38.8. The van der Waals surface area contributed by atoms with Gasteiger partial charge in [0.1, 0.15) is 5.60 Å². The van der Waals surface area contributed by atoms with Gasteiger partial charge in [0.15, 0.2) is 0 Å². The van der Waals surface area contributed by atoms with Crippen LogP contribution in [0.15, 0.2) is 115 Å². The number of nitrogens with zero attached hydrogens (tertiary/aromatic N) is 1. The first-order chi connectivity index (χ1) is 22.9. The van der Waals surface area contributed by atoms with E-state index >= 15 is 0 Å². The van der Waals surface area contributed by atoms with Gasteiger partial charge in [0.2, 0.25) is 0 Å². The van der Waals surface area contributed by atoms with E-state index in [0.29, 0.717) is 6.54 Å². The third kappa shape index (κ3) is 11.2. The minimum Gasteiger partial charge on any atom is -0.463 e. The van der Waals surface area contributed by atoms with Gasteiger partial charge >= 0.3 is 11.9 Å². The molecule has 6 nitrogen and oxygen atoms in total. The lowest BCUT2D eigenvalue weighted by atomic mass is 9.94. The molecular weight excluding hydrogens is 596 g/mol. The highest BCUT2D eigenvalue weighted by molar-refractivity contribution is 5.71. The minimum atomic E-state index is -0.577. The van der Waals surface area contributed by atoms with E-state index in [9.17, 15) is 9.59 Å². The Morgan fingerprint density at radius 1 is 0.646 bits per heavy atom. The molecule has 4 rings (SSSR count). The fourth-order valence-electron chi connectivity index (χ4n) is 6.04. The maximum Gasteiger partial charge on any atom is 0.308 e. The zero-order valence-corrected chi connectivity index (χ0v) is 29.6. The molecule has 0 radical (unpaired) electrons. The number of ether oxygens (including phenoxy) is 2. The van der Waals surface area contributed by atoms with Gasteiger partial charge in [-0.25, -0.2) is 0 Å². The van der Waals surface area contributed by atoms with Crippen molar-refractivity contribution in [2.45, 2.75) is 104 Å². The van der Waals surface area contributed by atoms with E-state index in [1.54, 1.807) is 0 Å². The lowest BCUT2D eigenvalue weighted by Crippen LogP contribution is -2.33. The fraction of sp³-hybridized carbons (Fsp3) is 0.381. The second-order valence-electron chi connectivity index (χ2n) is 13.8. The molecule has 4 aromatic carbocycles. The van der Waals surface area contributed by atoms with E-state index in [0.717, 1.165) is 22.3 Å². The van der Waals surface area contributed by atoms with E-state index < -0.39 is 5.60 Å². The van der Waals surface area contributed by atoms with Crippen LogP contribution >= 0.6 is 0 Å². The number of carbonyl (C=O) groups excluding carboxylic acids is 2. The van der Waals surface area contributed by atoms with E-state index in [1.165, 1.54) is 5.56 Å². The van der Waals surface area contributed by atoms with Crippen LogP contribution in [0.4, 0.5) is 0 Å². The highest BCUT2D eigenvalue weighted by Gasteiger charge is 2.30. The highest BCUT2D eigenvalue weighted by Crippen LogP contribution is 2.36. The average Bonchev–Trinajstić information content (AvgIpc) is 3.06. The first-order valence-corrected chi connectivity index (χ1v) is 17.1. The lowest BCUT2D eigenvalue weighted by molar-refractivity contribution is -0.155. The predicted molar refractivity (Wildman–Crippen MR) is 193 cm³/mol. The molecule has 0 fully saturated rings. The molecular formula is C42H52N2O4. The van der Waals surface area contributed by atoms with Gasteiger partial charge in [-0.3, -0.25) is 14.5 Å². The number of benzene rings is 4. The molecule has 0 aromatic heterocycles. The number of carbonyl (C=O) groups is 2. The van der Waals surface area contributed by atoms with E-state index in [4.69, 9.17) is 9.47 Å². The van der Waals surface area contributed by atoms with Crippen LogP contribution < -0.4 is 5.32 Å². The molecule has 254 valence electrons. The summed E-state index contributed by atoms with van der Waals surface area (Å²) in [6.45, 7) is 14.4. The maximum atomic E-state index is 13.3. The molecule has 0 aliphatic heterocycles. The summed E-state index contributed by atoms with van der Waals surface area (Å²) in [5, 5.41) is 3.68. The number of esters is 2. The average molecular weight is 649 g/mol. The molecule has 0 unspecified atom stereocenters. The molecule has 0 amide bonds. The number of nitrogens with one attached hydrogen (secondary N) is 1. The standard InChI is InChI=1S/C42H52N2O4/c1-30(2)47-40(45)28-39(44(29-33-17-11-8-12-18-33)32(4)35-21-15-10-16-22-35)37-25-23-36(24-26-37)38(27-41(46)48-42(5,6)7)43-31(3)34-19-13-9-14-20-34/h8-26,30-32,38-39,43H,27-29H2,1-7H3/t31-,32-,38+,39+/m1/s1. The van der Waals surface area contributed by atoms with Crippen molar-refractivity contribution in [1.82, 2.24) is 10.2 Å². The summed E-state index contributed by atoms with van der Waals surface area (Å²) in [6.07, 6.45) is 0.177. The van der Waals surface area contributed by atoms with Gasteiger partial charge in [-0.15, -0.1) is 0 Å². The number of rotatable bonds is 15. The molecule has 4 atom stereocenters. The first-order valence-electron chi connectivity index (χ1n) is 17.1. The van der Waals surface area contributed by atoms with Crippen LogP contribution in [-0.4, -0.2) is 28.5 Å². The maximum absolute atomic E-state index is 13.3. The fourth-order valence-corrected chi connectivity index (χ4v) is 6.04. The summed E-state index contributed by atoms with van der Waals surface area (Å²) in [7, 11) is 0. The van der Waals surface area contributed by atoms with Crippen molar-refractivity contribution in [2.24, 2.45) is 0 Å². The quantitative estimate of drug-likeness (QED) is 0.130. The van der Waals surface area contributed by atoms with Gasteiger partial charge in [-0.05, 0) is 76.3 Å². The summed E-state index contributed by atoms with van der Waals surface area (Å²) >= 11 is 0. The topological polar surface area (TPSA) is 67.9 Å². The van der Waals surface area contributed by atoms with Crippen LogP contribution in [0, 0.1) is 0 Å². The van der Waals surface area contributed by atoms with Crippen molar-refractivity contribution in [3.05, 3.63) is 143 Å². The third-order valence-corrected chi connectivity index (χ3v) is 8.38. The largest absolute Gasteiger partial charge is 0.463 e. The molecule has 0 spiro atoms. The van der Waals surface area contributed by atoms with Gasteiger partial charge < -0.3 is 14.8 Å². The number of hydrogen-bond acceptors (Lipinski definition) is 6. The second-order valence-corrected chi connectivity index (χ2v) is 13.8. The summed E-state index contributed by atoms with van der Waals surface area (Å²) in [4.78, 5) is 28.8. The predicted octanol–water partition coefficient (Wildman–Crippen LogP) is 9.46. The second kappa shape index (κ2) is 17.2. The zero-order chi connectivity index (χ0) is 34.7. The molecule has 0 bridgehead atoms. The Labute approximate surface area is 287 Å². The van der Waals surface area contributed by atoms with Gasteiger partial charge in [0, 0.05) is 30.7 Å². The zero-order valence-electron chi connectivity index (χ0n) is 29.6. The minimum absolute atomic E-state index is 0.00458. The smallest absolute Gasteiger partial charge is 0.308 e. The van der Waals surface area contributed by atoms with E-state index in [-0.39, 0.29) is 55.1 Å². The molecule has 4 aromatic rings. The monoisotopic (exact) mass is 648 g/mol. The van der Waals surface area contributed by atoms with Gasteiger partial charge in [-0.2, -0.15) is 0 Å². The Bertz CT molecular complexity index is 1550. The molecule has 1 N–H and O–H groups in total. The van der Waals surface area contributed by atoms with Gasteiger partial charge in [0.25, 0.3) is 0 Å². The molecule has 0 heterocycles. The lowest BCUT2D eigenvalue weighted by Gasteiger charge is -2.37.